The zero-order valence-corrected chi connectivity index (χ0v) is 14.4. The molecule has 22 heavy (non-hydrogen) atoms. The lowest BCUT2D eigenvalue weighted by atomic mass is 10.1. The first-order valence-electron chi connectivity index (χ1n) is 7.03. The van der Waals surface area contributed by atoms with Crippen molar-refractivity contribution < 1.29 is 17.9 Å². The lowest BCUT2D eigenvalue weighted by molar-refractivity contribution is -0.145. The van der Waals surface area contributed by atoms with Gasteiger partial charge in [0.2, 0.25) is 0 Å². The number of nitrogens with zero attached hydrogens (tertiary/aromatic N) is 1. The Kier molecular flexibility index (Phi) is 4.73. The van der Waals surface area contributed by atoms with Crippen molar-refractivity contribution in [2.75, 3.05) is 18.6 Å². The maximum atomic E-state index is 12.6. The van der Waals surface area contributed by atoms with Crippen LogP contribution in [-0.2, 0) is 14.6 Å². The Labute approximate surface area is 136 Å². The van der Waals surface area contributed by atoms with Crippen molar-refractivity contribution in [2.45, 2.75) is 31.9 Å². The van der Waals surface area contributed by atoms with Crippen LogP contribution < -0.4 is 4.74 Å². The van der Waals surface area contributed by atoms with Crippen molar-refractivity contribution in [3.05, 3.63) is 29.3 Å². The van der Waals surface area contributed by atoms with E-state index in [0.717, 1.165) is 0 Å². The van der Waals surface area contributed by atoms with E-state index >= 15 is 0 Å². The summed E-state index contributed by atoms with van der Waals surface area (Å²) in [5.41, 5.74) is -1.09. The van der Waals surface area contributed by atoms with E-state index in [-0.39, 0.29) is 23.5 Å². The van der Waals surface area contributed by atoms with Crippen LogP contribution in [0.5, 0.6) is 5.75 Å². The van der Waals surface area contributed by atoms with Crippen molar-refractivity contribution in [1.29, 1.82) is 0 Å². The molecule has 0 N–H and O–H groups in total. The minimum atomic E-state index is -3.03. The minimum absolute atomic E-state index is 0.0201. The van der Waals surface area contributed by atoms with E-state index in [1.165, 1.54) is 4.90 Å². The number of carbonyl (C=O) groups excluding carboxylic acids is 1. The second-order valence-electron chi connectivity index (χ2n) is 6.04. The number of sulfone groups is 1. The normalized spacial score (nSPS) is 20.6. The summed E-state index contributed by atoms with van der Waals surface area (Å²) in [6.07, 6.45) is 0.474. The first-order chi connectivity index (χ1) is 10.1. The van der Waals surface area contributed by atoms with E-state index < -0.39 is 15.4 Å². The van der Waals surface area contributed by atoms with Gasteiger partial charge in [-0.05, 0) is 44.5 Å². The summed E-state index contributed by atoms with van der Waals surface area (Å²) in [5, 5.41) is 0.588. The van der Waals surface area contributed by atoms with Gasteiger partial charge in [-0.3, -0.25) is 4.79 Å². The quantitative estimate of drug-likeness (QED) is 0.838. The largest absolute Gasteiger partial charge is 0.478 e. The maximum Gasteiger partial charge on any atom is 0.266 e. The molecule has 1 fully saturated rings. The molecular formula is C15H20ClNO4S. The highest BCUT2D eigenvalue weighted by atomic mass is 35.5. The number of rotatable bonds is 4. The highest BCUT2D eigenvalue weighted by molar-refractivity contribution is 7.91. The van der Waals surface area contributed by atoms with Gasteiger partial charge < -0.3 is 9.64 Å². The summed E-state index contributed by atoms with van der Waals surface area (Å²) in [4.78, 5) is 14.1. The van der Waals surface area contributed by atoms with Crippen LogP contribution >= 0.6 is 11.6 Å². The van der Waals surface area contributed by atoms with E-state index in [2.05, 4.69) is 0 Å². The molecule has 1 atom stereocenters. The van der Waals surface area contributed by atoms with Crippen LogP contribution in [0.3, 0.4) is 0 Å². The first kappa shape index (κ1) is 17.1. The van der Waals surface area contributed by atoms with Gasteiger partial charge in [0.05, 0.1) is 11.5 Å². The fraction of sp³-hybridized carbons (Fsp3) is 0.533. The third kappa shape index (κ3) is 3.93. The van der Waals surface area contributed by atoms with Gasteiger partial charge in [-0.2, -0.15) is 0 Å². The van der Waals surface area contributed by atoms with Crippen LogP contribution in [0.4, 0.5) is 0 Å². The summed E-state index contributed by atoms with van der Waals surface area (Å²) in [6, 6.07) is 6.47. The smallest absolute Gasteiger partial charge is 0.266 e. The van der Waals surface area contributed by atoms with Crippen molar-refractivity contribution >= 4 is 27.3 Å². The van der Waals surface area contributed by atoms with Crippen LogP contribution in [0, 0.1) is 0 Å². The van der Waals surface area contributed by atoms with E-state index in [4.69, 9.17) is 16.3 Å². The van der Waals surface area contributed by atoms with Gasteiger partial charge in [-0.15, -0.1) is 0 Å². The molecule has 1 aromatic carbocycles. The molecule has 0 spiro atoms. The van der Waals surface area contributed by atoms with Crippen LogP contribution in [-0.4, -0.2) is 49.4 Å². The molecule has 5 nitrogen and oxygen atoms in total. The summed E-state index contributed by atoms with van der Waals surface area (Å²) in [7, 11) is -1.41. The molecule has 0 saturated carbocycles. The Hall–Kier alpha value is -1.27. The molecule has 1 aromatic rings. The molecule has 1 amide bonds. The fourth-order valence-electron chi connectivity index (χ4n) is 2.51. The van der Waals surface area contributed by atoms with Crippen LogP contribution in [0.15, 0.2) is 24.3 Å². The van der Waals surface area contributed by atoms with Crippen molar-refractivity contribution in [3.63, 3.8) is 0 Å². The van der Waals surface area contributed by atoms with Gasteiger partial charge in [-0.25, -0.2) is 8.42 Å². The third-order valence-corrected chi connectivity index (χ3v) is 5.78. The van der Waals surface area contributed by atoms with E-state index in [1.807, 2.05) is 0 Å². The zero-order valence-electron chi connectivity index (χ0n) is 12.9. The van der Waals surface area contributed by atoms with Crippen molar-refractivity contribution in [1.82, 2.24) is 4.90 Å². The van der Waals surface area contributed by atoms with E-state index in [9.17, 15) is 13.2 Å². The Morgan fingerprint density at radius 2 is 1.91 bits per heavy atom. The molecule has 1 saturated heterocycles. The van der Waals surface area contributed by atoms with Gasteiger partial charge in [0.1, 0.15) is 5.75 Å². The number of hydrogen-bond donors (Lipinski definition) is 0. The second-order valence-corrected chi connectivity index (χ2v) is 8.70. The standard InChI is InChI=1S/C15H20ClNO4S/c1-15(2,21-13-6-4-11(16)5-7-13)14(18)17(3)12-8-9-22(19,20)10-12/h4-7,12H,8-10H2,1-3H3. The van der Waals surface area contributed by atoms with Crippen molar-refractivity contribution in [2.24, 2.45) is 0 Å². The van der Waals surface area contributed by atoms with Gasteiger partial charge in [0, 0.05) is 18.1 Å². The highest BCUT2D eigenvalue weighted by Crippen LogP contribution is 2.24. The van der Waals surface area contributed by atoms with Crippen LogP contribution in [0.25, 0.3) is 0 Å². The molecule has 0 aliphatic carbocycles. The monoisotopic (exact) mass is 345 g/mol. The Balaban J connectivity index is 2.08. The molecule has 7 heteroatoms. The molecule has 1 unspecified atom stereocenters. The summed E-state index contributed by atoms with van der Waals surface area (Å²) >= 11 is 5.82. The molecule has 0 bridgehead atoms. The topological polar surface area (TPSA) is 63.7 Å². The molecule has 0 radical (unpaired) electrons. The number of benzene rings is 1. The van der Waals surface area contributed by atoms with Gasteiger partial charge in [0.25, 0.3) is 5.91 Å². The molecular weight excluding hydrogens is 326 g/mol. The highest BCUT2D eigenvalue weighted by Gasteiger charge is 2.39. The average Bonchev–Trinajstić information content (AvgIpc) is 2.80. The third-order valence-electron chi connectivity index (χ3n) is 3.78. The summed E-state index contributed by atoms with van der Waals surface area (Å²) < 4.78 is 28.9. The number of likely N-dealkylation sites (N-methyl/N-ethyl adjacent to an activating group) is 1. The maximum absolute atomic E-state index is 12.6. The van der Waals surface area contributed by atoms with Crippen molar-refractivity contribution in [3.8, 4) is 5.75 Å². The number of carbonyl (C=O) groups is 1. The summed E-state index contributed by atoms with van der Waals surface area (Å²) in [5.74, 6) is 0.444. The number of halogens is 1. The summed E-state index contributed by atoms with van der Waals surface area (Å²) in [6.45, 7) is 3.34. The number of amides is 1. The van der Waals surface area contributed by atoms with E-state index in [0.29, 0.717) is 17.2 Å². The van der Waals surface area contributed by atoms with Gasteiger partial charge in [0.15, 0.2) is 15.4 Å². The minimum Gasteiger partial charge on any atom is -0.478 e. The molecule has 1 aliphatic rings. The Morgan fingerprint density at radius 1 is 1.32 bits per heavy atom. The molecule has 0 aromatic heterocycles. The van der Waals surface area contributed by atoms with Gasteiger partial charge >= 0.3 is 0 Å². The van der Waals surface area contributed by atoms with Crippen LogP contribution in [0.1, 0.15) is 20.3 Å². The van der Waals surface area contributed by atoms with Crippen LogP contribution in [0.2, 0.25) is 5.02 Å². The zero-order chi connectivity index (χ0) is 16.5. The number of hydrogen-bond acceptors (Lipinski definition) is 4. The Morgan fingerprint density at radius 3 is 2.41 bits per heavy atom. The molecule has 2 rings (SSSR count). The lowest BCUT2D eigenvalue weighted by Crippen LogP contribution is -2.51. The van der Waals surface area contributed by atoms with E-state index in [1.54, 1.807) is 45.2 Å². The Bertz CT molecular complexity index is 655. The molecule has 122 valence electrons. The fourth-order valence-corrected chi connectivity index (χ4v) is 4.41. The molecule has 1 aliphatic heterocycles. The SMILES string of the molecule is CN(C(=O)C(C)(C)Oc1ccc(Cl)cc1)C1CCS(=O)(=O)C1. The average molecular weight is 346 g/mol. The molecule has 1 heterocycles. The lowest BCUT2D eigenvalue weighted by Gasteiger charge is -2.33. The predicted octanol–water partition coefficient (Wildman–Crippen LogP) is 2.14. The van der Waals surface area contributed by atoms with Gasteiger partial charge in [-0.1, -0.05) is 11.6 Å². The second kappa shape index (κ2) is 6.08. The predicted molar refractivity (Wildman–Crippen MR) is 86.0 cm³/mol. The number of ether oxygens (including phenoxy) is 1. The first-order valence-corrected chi connectivity index (χ1v) is 9.23.